The molecular weight excluding hydrogens is 383 g/mol. The van der Waals surface area contributed by atoms with Crippen LogP contribution in [0.1, 0.15) is 10.4 Å². The van der Waals surface area contributed by atoms with Crippen molar-refractivity contribution in [2.45, 2.75) is 0 Å². The molecule has 4 nitrogen and oxygen atoms in total. The number of H-pyrrole nitrogens is 1. The van der Waals surface area contributed by atoms with E-state index >= 15 is 0 Å². The van der Waals surface area contributed by atoms with E-state index in [-0.39, 0.29) is 41.8 Å². The maximum atomic E-state index is 11.3. The summed E-state index contributed by atoms with van der Waals surface area (Å²) in [4.78, 5) is 24.9. The molecule has 0 atom stereocenters. The Balaban J connectivity index is 2.92. The van der Waals surface area contributed by atoms with E-state index in [4.69, 9.17) is 58.0 Å². The molecule has 0 aliphatic heterocycles. The van der Waals surface area contributed by atoms with Gasteiger partial charge < -0.3 is 10.1 Å². The number of aromatic nitrogens is 1. The maximum absolute atomic E-state index is 11.3. The van der Waals surface area contributed by atoms with Crippen LogP contribution in [0.3, 0.4) is 0 Å². The van der Waals surface area contributed by atoms with Gasteiger partial charge in [0.2, 0.25) is 5.56 Å². The van der Waals surface area contributed by atoms with Gasteiger partial charge >= 0.3 is 5.97 Å². The highest BCUT2D eigenvalue weighted by atomic mass is 35.5. The number of halogens is 5. The second-order valence-corrected chi connectivity index (χ2v) is 5.76. The second kappa shape index (κ2) is 6.07. The van der Waals surface area contributed by atoms with Crippen molar-refractivity contribution in [3.8, 4) is 11.1 Å². The van der Waals surface area contributed by atoms with Crippen LogP contribution in [-0.2, 0) is 0 Å². The van der Waals surface area contributed by atoms with Crippen LogP contribution in [0.15, 0.2) is 17.1 Å². The van der Waals surface area contributed by atoms with Gasteiger partial charge in [-0.15, -0.1) is 0 Å². The Hall–Kier alpha value is -0.910. The quantitative estimate of drug-likeness (QED) is 0.562. The number of carboxylic acid groups (broad SMARTS) is 1. The summed E-state index contributed by atoms with van der Waals surface area (Å²) in [6, 6.07) is 0.904. The Morgan fingerprint density at radius 1 is 0.952 bits per heavy atom. The van der Waals surface area contributed by atoms with Gasteiger partial charge in [-0.05, 0) is 0 Å². The summed E-state index contributed by atoms with van der Waals surface area (Å²) in [5.74, 6) is -1.33. The molecule has 0 unspecified atom stereocenters. The highest BCUT2D eigenvalue weighted by Gasteiger charge is 2.24. The molecule has 2 N–H and O–H groups in total. The zero-order valence-corrected chi connectivity index (χ0v) is 13.6. The fraction of sp³-hybridized carbons (Fsp3) is 0. The number of hydrogen-bond donors (Lipinski definition) is 2. The first-order valence-electron chi connectivity index (χ1n) is 5.23. The summed E-state index contributed by atoms with van der Waals surface area (Å²) in [6.07, 6.45) is 1.17. The molecule has 0 aliphatic carbocycles. The SMILES string of the molecule is O=C(O)c1cc(=O)[nH]cc1-c1c(Cl)c(Cl)c(Cl)c(Cl)c1Cl. The molecule has 9 heteroatoms. The lowest BCUT2D eigenvalue weighted by molar-refractivity contribution is 0.0697. The van der Waals surface area contributed by atoms with E-state index in [1.165, 1.54) is 6.20 Å². The highest BCUT2D eigenvalue weighted by molar-refractivity contribution is 6.56. The average Bonchev–Trinajstić information content (AvgIpc) is 2.44. The van der Waals surface area contributed by atoms with Gasteiger partial charge in [0.1, 0.15) is 0 Å². The van der Waals surface area contributed by atoms with Crippen molar-refractivity contribution in [3.63, 3.8) is 0 Å². The Morgan fingerprint density at radius 3 is 1.90 bits per heavy atom. The Bertz CT molecular complexity index is 786. The molecule has 0 radical (unpaired) electrons. The number of hydrogen-bond acceptors (Lipinski definition) is 2. The molecular formula is C12H4Cl5NO3. The molecule has 0 aliphatic rings. The molecule has 21 heavy (non-hydrogen) atoms. The zero-order valence-electron chi connectivity index (χ0n) is 9.81. The summed E-state index contributed by atoms with van der Waals surface area (Å²) >= 11 is 29.9. The van der Waals surface area contributed by atoms with Gasteiger partial charge in [0.25, 0.3) is 0 Å². The molecule has 1 heterocycles. The fourth-order valence-electron chi connectivity index (χ4n) is 1.70. The monoisotopic (exact) mass is 385 g/mol. The zero-order chi connectivity index (χ0) is 15.9. The van der Waals surface area contributed by atoms with E-state index in [9.17, 15) is 14.7 Å². The summed E-state index contributed by atoms with van der Waals surface area (Å²) in [7, 11) is 0. The summed E-state index contributed by atoms with van der Waals surface area (Å²) in [5, 5.41) is 8.89. The van der Waals surface area contributed by atoms with Gasteiger partial charge in [-0.3, -0.25) is 4.79 Å². The van der Waals surface area contributed by atoms with Crippen LogP contribution in [-0.4, -0.2) is 16.1 Å². The number of nitrogens with one attached hydrogen (secondary N) is 1. The molecule has 0 bridgehead atoms. The second-order valence-electron chi connectivity index (χ2n) is 3.87. The lowest BCUT2D eigenvalue weighted by Crippen LogP contribution is -2.10. The number of carboxylic acids is 1. The van der Waals surface area contributed by atoms with Gasteiger partial charge in [-0.1, -0.05) is 58.0 Å². The van der Waals surface area contributed by atoms with Crippen LogP contribution < -0.4 is 5.56 Å². The Kier molecular flexibility index (Phi) is 4.76. The molecule has 2 aromatic rings. The third-order valence-corrected chi connectivity index (χ3v) is 4.91. The molecule has 0 amide bonds. The van der Waals surface area contributed by atoms with Crippen molar-refractivity contribution in [2.24, 2.45) is 0 Å². The van der Waals surface area contributed by atoms with E-state index < -0.39 is 11.5 Å². The molecule has 0 spiro atoms. The summed E-state index contributed by atoms with van der Waals surface area (Å²) in [5.41, 5.74) is -0.740. The Labute approximate surface area is 143 Å². The Morgan fingerprint density at radius 2 is 1.43 bits per heavy atom. The van der Waals surface area contributed by atoms with Gasteiger partial charge in [-0.2, -0.15) is 0 Å². The van der Waals surface area contributed by atoms with Crippen LogP contribution in [0.2, 0.25) is 25.1 Å². The third kappa shape index (κ3) is 2.87. The minimum atomic E-state index is -1.33. The van der Waals surface area contributed by atoms with Crippen molar-refractivity contribution in [3.05, 3.63) is 53.3 Å². The van der Waals surface area contributed by atoms with Crippen molar-refractivity contribution in [2.75, 3.05) is 0 Å². The normalized spacial score (nSPS) is 10.7. The van der Waals surface area contributed by atoms with Crippen molar-refractivity contribution >= 4 is 64.0 Å². The van der Waals surface area contributed by atoms with Gasteiger partial charge in [0, 0.05) is 23.4 Å². The van der Waals surface area contributed by atoms with Gasteiger partial charge in [-0.25, -0.2) is 4.79 Å². The summed E-state index contributed by atoms with van der Waals surface area (Å²) in [6.45, 7) is 0. The van der Waals surface area contributed by atoms with E-state index in [1.54, 1.807) is 0 Å². The summed E-state index contributed by atoms with van der Waals surface area (Å²) < 4.78 is 0. The number of benzene rings is 1. The van der Waals surface area contributed by atoms with Crippen molar-refractivity contribution in [1.29, 1.82) is 0 Å². The fourth-order valence-corrected chi connectivity index (χ4v) is 3.04. The topological polar surface area (TPSA) is 70.2 Å². The molecule has 0 saturated carbocycles. The molecule has 2 rings (SSSR count). The highest BCUT2D eigenvalue weighted by Crippen LogP contribution is 2.48. The van der Waals surface area contributed by atoms with Crippen LogP contribution in [0.4, 0.5) is 0 Å². The first kappa shape index (κ1) is 16.5. The van der Waals surface area contributed by atoms with E-state index in [0.717, 1.165) is 6.07 Å². The van der Waals surface area contributed by atoms with Crippen molar-refractivity contribution in [1.82, 2.24) is 4.98 Å². The molecule has 0 fully saturated rings. The maximum Gasteiger partial charge on any atom is 0.336 e. The predicted octanol–water partition coefficient (Wildman–Crippen LogP) is 5.01. The standard InChI is InChI=1S/C12H4Cl5NO3/c13-7-6(8(14)10(16)11(17)9(7)15)4-2-18-5(19)1-3(4)12(20)21/h1-2H,(H,18,19)(H,20,21). The molecule has 1 aromatic heterocycles. The van der Waals surface area contributed by atoms with E-state index in [2.05, 4.69) is 4.98 Å². The number of aromatic carboxylic acids is 1. The van der Waals surface area contributed by atoms with Crippen LogP contribution in [0, 0.1) is 0 Å². The number of rotatable bonds is 2. The molecule has 0 saturated heterocycles. The average molecular weight is 387 g/mol. The lowest BCUT2D eigenvalue weighted by atomic mass is 10.0. The number of carbonyl (C=O) groups is 1. The minimum Gasteiger partial charge on any atom is -0.478 e. The predicted molar refractivity (Wildman–Crippen MR) is 84.5 cm³/mol. The lowest BCUT2D eigenvalue weighted by Gasteiger charge is -2.14. The van der Waals surface area contributed by atoms with Gasteiger partial charge in [0.05, 0.1) is 30.7 Å². The first-order chi connectivity index (χ1) is 9.75. The van der Waals surface area contributed by atoms with Crippen LogP contribution in [0.5, 0.6) is 0 Å². The molecule has 110 valence electrons. The molecule has 1 aromatic carbocycles. The van der Waals surface area contributed by atoms with Gasteiger partial charge in [0.15, 0.2) is 0 Å². The smallest absolute Gasteiger partial charge is 0.336 e. The van der Waals surface area contributed by atoms with E-state index in [0.29, 0.717) is 0 Å². The van der Waals surface area contributed by atoms with E-state index in [1.807, 2.05) is 0 Å². The largest absolute Gasteiger partial charge is 0.478 e. The van der Waals surface area contributed by atoms with Crippen LogP contribution >= 0.6 is 58.0 Å². The van der Waals surface area contributed by atoms with Crippen molar-refractivity contribution < 1.29 is 9.90 Å². The first-order valence-corrected chi connectivity index (χ1v) is 7.12. The number of pyridine rings is 1. The van der Waals surface area contributed by atoms with Crippen LogP contribution in [0.25, 0.3) is 11.1 Å². The number of aromatic amines is 1. The minimum absolute atomic E-state index is 0.0432. The third-order valence-electron chi connectivity index (χ3n) is 2.63.